The number of likely N-dealkylation sites (tertiary alicyclic amines) is 1. The molecule has 2 aromatic rings. The van der Waals surface area contributed by atoms with Gasteiger partial charge in [0.15, 0.2) is 11.5 Å². The van der Waals surface area contributed by atoms with Crippen LogP contribution in [0.25, 0.3) is 0 Å². The molecule has 1 aromatic heterocycles. The summed E-state index contributed by atoms with van der Waals surface area (Å²) in [4.78, 5) is 3.80. The van der Waals surface area contributed by atoms with E-state index in [0.29, 0.717) is 31.3 Å². The van der Waals surface area contributed by atoms with Crippen molar-refractivity contribution in [2.45, 2.75) is 30.7 Å². The zero-order chi connectivity index (χ0) is 19.6. The molecule has 152 valence electrons. The van der Waals surface area contributed by atoms with Gasteiger partial charge in [-0.05, 0) is 55.4 Å². The molecule has 1 saturated heterocycles. The van der Waals surface area contributed by atoms with Crippen LogP contribution in [-0.2, 0) is 10.0 Å². The third-order valence-corrected chi connectivity index (χ3v) is 7.82. The molecule has 0 radical (unpaired) electrons. The first kappa shape index (κ1) is 19.7. The van der Waals surface area contributed by atoms with Crippen LogP contribution in [-0.4, -0.2) is 46.2 Å². The molecule has 1 atom stereocenters. The Kier molecular flexibility index (Phi) is 5.91. The molecule has 6 nitrogen and oxygen atoms in total. The second kappa shape index (κ2) is 8.41. The van der Waals surface area contributed by atoms with Crippen molar-refractivity contribution in [3.63, 3.8) is 0 Å². The first-order valence-corrected chi connectivity index (χ1v) is 12.1. The Hall–Kier alpha value is -1.61. The molecule has 3 heterocycles. The molecule has 2 aliphatic heterocycles. The Morgan fingerprint density at radius 2 is 1.93 bits per heavy atom. The summed E-state index contributed by atoms with van der Waals surface area (Å²) in [5, 5.41) is 2.05. The van der Waals surface area contributed by atoms with E-state index in [0.717, 1.165) is 31.8 Å². The van der Waals surface area contributed by atoms with Gasteiger partial charge in [0.1, 0.15) is 13.2 Å². The lowest BCUT2D eigenvalue weighted by Crippen LogP contribution is -2.41. The Labute approximate surface area is 170 Å². The fraction of sp³-hybridized carbons (Fsp3) is 0.500. The van der Waals surface area contributed by atoms with Gasteiger partial charge in [-0.3, -0.25) is 4.90 Å². The summed E-state index contributed by atoms with van der Waals surface area (Å²) in [5.74, 6) is 1.80. The Morgan fingerprint density at radius 1 is 1.18 bits per heavy atom. The van der Waals surface area contributed by atoms with Crippen molar-refractivity contribution >= 4 is 21.4 Å². The topological polar surface area (TPSA) is 67.9 Å². The van der Waals surface area contributed by atoms with Gasteiger partial charge < -0.3 is 9.47 Å². The maximum Gasteiger partial charge on any atom is 0.240 e. The quantitative estimate of drug-likeness (QED) is 0.774. The van der Waals surface area contributed by atoms with E-state index in [-0.39, 0.29) is 10.9 Å². The number of hydrogen-bond acceptors (Lipinski definition) is 6. The molecule has 1 fully saturated rings. The van der Waals surface area contributed by atoms with Gasteiger partial charge >= 0.3 is 0 Å². The summed E-state index contributed by atoms with van der Waals surface area (Å²) in [6, 6.07) is 8.93. The fourth-order valence-electron chi connectivity index (χ4n) is 3.69. The van der Waals surface area contributed by atoms with Crippen molar-refractivity contribution < 1.29 is 17.9 Å². The zero-order valence-corrected chi connectivity index (χ0v) is 17.6. The minimum Gasteiger partial charge on any atom is -0.486 e. The second-order valence-corrected chi connectivity index (χ2v) is 10.2. The Bertz CT molecular complexity index is 891. The van der Waals surface area contributed by atoms with Crippen LogP contribution in [0, 0.1) is 5.92 Å². The molecule has 0 spiro atoms. The van der Waals surface area contributed by atoms with E-state index in [1.165, 1.54) is 4.88 Å². The third kappa shape index (κ3) is 4.35. The summed E-state index contributed by atoms with van der Waals surface area (Å²) in [6.45, 7) is 5.53. The summed E-state index contributed by atoms with van der Waals surface area (Å²) >= 11 is 1.68. The van der Waals surface area contributed by atoms with Gasteiger partial charge in [0.05, 0.1) is 10.9 Å². The molecule has 4 rings (SSSR count). The van der Waals surface area contributed by atoms with Crippen molar-refractivity contribution in [3.05, 3.63) is 40.6 Å². The number of fused-ring (bicyclic) bond motifs is 1. The highest BCUT2D eigenvalue weighted by Gasteiger charge is 2.27. The highest BCUT2D eigenvalue weighted by molar-refractivity contribution is 7.89. The minimum atomic E-state index is -3.64. The van der Waals surface area contributed by atoms with E-state index in [1.807, 2.05) is 11.4 Å². The molecule has 0 bridgehead atoms. The standard InChI is InChI=1S/C20H26N2O4S2/c1-15-6-8-22(9-7-15)17(20-3-2-12-27-20)14-21-28(23,24)16-4-5-18-19(13-16)26-11-10-25-18/h2-5,12-13,15,17,21H,6-11,14H2,1H3/t17-/m0/s1. The normalized spacial score (nSPS) is 19.5. The maximum absolute atomic E-state index is 12.9. The van der Waals surface area contributed by atoms with Gasteiger partial charge in [-0.1, -0.05) is 13.0 Å². The number of thiophene rings is 1. The van der Waals surface area contributed by atoms with Crippen LogP contribution in [0.4, 0.5) is 0 Å². The van der Waals surface area contributed by atoms with Gasteiger partial charge in [0, 0.05) is 17.5 Å². The molecular formula is C20H26N2O4S2. The zero-order valence-electron chi connectivity index (χ0n) is 16.0. The first-order valence-electron chi connectivity index (χ1n) is 9.70. The van der Waals surface area contributed by atoms with E-state index in [9.17, 15) is 8.42 Å². The van der Waals surface area contributed by atoms with E-state index < -0.39 is 10.0 Å². The van der Waals surface area contributed by atoms with E-state index in [2.05, 4.69) is 22.6 Å². The Morgan fingerprint density at radius 3 is 2.64 bits per heavy atom. The maximum atomic E-state index is 12.9. The third-order valence-electron chi connectivity index (χ3n) is 5.42. The van der Waals surface area contributed by atoms with Gasteiger partial charge in [-0.25, -0.2) is 13.1 Å². The second-order valence-electron chi connectivity index (χ2n) is 7.41. The van der Waals surface area contributed by atoms with Crippen LogP contribution in [0.5, 0.6) is 11.5 Å². The molecule has 0 unspecified atom stereocenters. The SMILES string of the molecule is CC1CCN([C@@H](CNS(=O)(=O)c2ccc3c(c2)OCCO3)c2cccs2)CC1. The molecule has 0 aliphatic carbocycles. The highest BCUT2D eigenvalue weighted by Crippen LogP contribution is 2.33. The van der Waals surface area contributed by atoms with Crippen molar-refractivity contribution in [2.75, 3.05) is 32.8 Å². The fourth-order valence-corrected chi connectivity index (χ4v) is 5.61. The number of rotatable bonds is 6. The van der Waals surface area contributed by atoms with Crippen LogP contribution in [0.3, 0.4) is 0 Å². The molecule has 1 aromatic carbocycles. The lowest BCUT2D eigenvalue weighted by Gasteiger charge is -2.36. The average Bonchev–Trinajstić information content (AvgIpc) is 3.23. The van der Waals surface area contributed by atoms with Crippen molar-refractivity contribution in [3.8, 4) is 11.5 Å². The lowest BCUT2D eigenvalue weighted by atomic mass is 9.97. The highest BCUT2D eigenvalue weighted by atomic mass is 32.2. The molecule has 1 N–H and O–H groups in total. The van der Waals surface area contributed by atoms with Crippen LogP contribution in [0.2, 0.25) is 0 Å². The molecule has 2 aliphatic rings. The number of ether oxygens (including phenoxy) is 2. The lowest BCUT2D eigenvalue weighted by molar-refractivity contribution is 0.141. The minimum absolute atomic E-state index is 0.0551. The number of hydrogen-bond donors (Lipinski definition) is 1. The van der Waals surface area contributed by atoms with Crippen LogP contribution >= 0.6 is 11.3 Å². The summed E-state index contributed by atoms with van der Waals surface area (Å²) in [7, 11) is -3.64. The summed E-state index contributed by atoms with van der Waals surface area (Å²) in [6.07, 6.45) is 2.30. The monoisotopic (exact) mass is 422 g/mol. The predicted octanol–water partition coefficient (Wildman–Crippen LogP) is 3.27. The van der Waals surface area contributed by atoms with E-state index in [4.69, 9.17) is 9.47 Å². The molecular weight excluding hydrogens is 396 g/mol. The van der Waals surface area contributed by atoms with Gasteiger partial charge in [-0.15, -0.1) is 11.3 Å². The number of nitrogens with one attached hydrogen (secondary N) is 1. The molecule has 0 amide bonds. The summed E-state index contributed by atoms with van der Waals surface area (Å²) < 4.78 is 39.6. The molecule has 8 heteroatoms. The largest absolute Gasteiger partial charge is 0.486 e. The van der Waals surface area contributed by atoms with Crippen LogP contribution in [0.1, 0.15) is 30.7 Å². The number of sulfonamides is 1. The number of benzene rings is 1. The summed E-state index contributed by atoms with van der Waals surface area (Å²) in [5.41, 5.74) is 0. The first-order chi connectivity index (χ1) is 13.5. The van der Waals surface area contributed by atoms with Gasteiger partial charge in [0.2, 0.25) is 10.0 Å². The smallest absolute Gasteiger partial charge is 0.240 e. The van der Waals surface area contributed by atoms with Crippen LogP contribution in [0.15, 0.2) is 40.6 Å². The van der Waals surface area contributed by atoms with Crippen molar-refractivity contribution in [1.82, 2.24) is 9.62 Å². The van der Waals surface area contributed by atoms with Gasteiger partial charge in [-0.2, -0.15) is 0 Å². The number of nitrogens with zero attached hydrogens (tertiary/aromatic N) is 1. The van der Waals surface area contributed by atoms with E-state index in [1.54, 1.807) is 29.5 Å². The molecule has 0 saturated carbocycles. The van der Waals surface area contributed by atoms with Crippen molar-refractivity contribution in [2.24, 2.45) is 5.92 Å². The van der Waals surface area contributed by atoms with Crippen LogP contribution < -0.4 is 14.2 Å². The van der Waals surface area contributed by atoms with Gasteiger partial charge in [0.25, 0.3) is 0 Å². The van der Waals surface area contributed by atoms with Crippen molar-refractivity contribution in [1.29, 1.82) is 0 Å². The molecule has 28 heavy (non-hydrogen) atoms. The Balaban J connectivity index is 1.50. The van der Waals surface area contributed by atoms with E-state index >= 15 is 0 Å². The predicted molar refractivity (Wildman–Crippen MR) is 110 cm³/mol. The average molecular weight is 423 g/mol. The number of piperidine rings is 1.